The zero-order chi connectivity index (χ0) is 15.9. The lowest BCUT2D eigenvalue weighted by molar-refractivity contribution is -0.274. The third kappa shape index (κ3) is 2.69. The molecule has 1 aromatic carbocycles. The third-order valence-electron chi connectivity index (χ3n) is 3.18. The van der Waals surface area contributed by atoms with Gasteiger partial charge in [-0.3, -0.25) is 4.90 Å². The number of aliphatic imine (C=N–C) groups is 1. The predicted molar refractivity (Wildman–Crippen MR) is 71.8 cm³/mol. The van der Waals surface area contributed by atoms with Gasteiger partial charge in [0.2, 0.25) is 0 Å². The van der Waals surface area contributed by atoms with Crippen LogP contribution in [-0.4, -0.2) is 36.3 Å². The Morgan fingerprint density at radius 3 is 2.59 bits per heavy atom. The molecule has 1 unspecified atom stereocenters. The van der Waals surface area contributed by atoms with Gasteiger partial charge in [-0.25, -0.2) is 9.79 Å². The van der Waals surface area contributed by atoms with Gasteiger partial charge in [0.1, 0.15) is 5.75 Å². The van der Waals surface area contributed by atoms with Crippen LogP contribution in [0.25, 0.3) is 5.70 Å². The van der Waals surface area contributed by atoms with E-state index in [4.69, 9.17) is 0 Å². The number of amidine groups is 1. The van der Waals surface area contributed by atoms with Gasteiger partial charge in [-0.2, -0.15) is 0 Å². The van der Waals surface area contributed by atoms with Gasteiger partial charge < -0.3 is 15.4 Å². The molecule has 1 fully saturated rings. The van der Waals surface area contributed by atoms with Crippen LogP contribution < -0.4 is 15.4 Å². The first-order valence-electron chi connectivity index (χ1n) is 6.29. The first-order valence-corrected chi connectivity index (χ1v) is 6.29. The zero-order valence-corrected chi connectivity index (χ0v) is 11.3. The minimum Gasteiger partial charge on any atom is -0.406 e. The first-order chi connectivity index (χ1) is 10.3. The number of fused-ring (bicyclic) bond motifs is 1. The number of alkyl halides is 3. The summed E-state index contributed by atoms with van der Waals surface area (Å²) in [5.74, 6) is 0.194. The molecule has 0 spiro atoms. The maximum atomic E-state index is 12.1. The second-order valence-corrected chi connectivity index (χ2v) is 4.68. The summed E-state index contributed by atoms with van der Waals surface area (Å²) in [4.78, 5) is 17.2. The van der Waals surface area contributed by atoms with E-state index >= 15 is 0 Å². The van der Waals surface area contributed by atoms with E-state index in [0.29, 0.717) is 17.1 Å². The molecule has 0 aromatic heterocycles. The van der Waals surface area contributed by atoms with Crippen LogP contribution in [0, 0.1) is 0 Å². The number of carbonyl (C=O) groups is 1. The molecule has 1 saturated heterocycles. The van der Waals surface area contributed by atoms with E-state index in [2.05, 4.69) is 20.4 Å². The van der Waals surface area contributed by atoms with Gasteiger partial charge in [-0.05, 0) is 24.3 Å². The summed E-state index contributed by atoms with van der Waals surface area (Å²) in [5, 5.41) is 5.63. The van der Waals surface area contributed by atoms with E-state index in [1.54, 1.807) is 13.2 Å². The Morgan fingerprint density at radius 2 is 1.95 bits per heavy atom. The molecule has 2 amide bonds. The highest BCUT2D eigenvalue weighted by Gasteiger charge is 2.35. The molecule has 0 bridgehead atoms. The minimum absolute atomic E-state index is 0.278. The first kappa shape index (κ1) is 14.2. The fraction of sp³-hybridized carbons (Fsp3) is 0.231. The van der Waals surface area contributed by atoms with Gasteiger partial charge in [-0.1, -0.05) is 0 Å². The van der Waals surface area contributed by atoms with Crippen LogP contribution in [0.1, 0.15) is 5.56 Å². The average molecular weight is 312 g/mol. The molecule has 0 saturated carbocycles. The number of ether oxygens (including phenoxy) is 1. The van der Waals surface area contributed by atoms with Crippen LogP contribution >= 0.6 is 0 Å². The smallest absolute Gasteiger partial charge is 0.406 e. The zero-order valence-electron chi connectivity index (χ0n) is 11.3. The highest BCUT2D eigenvalue weighted by atomic mass is 19.4. The molecule has 2 N–H and O–H groups in total. The standard InChI is InChI=1S/C13H11F3N4O2/c1-20-11-10(19-12(20)21)17-6-9(18-11)7-2-4-8(5-3-7)22-13(14,15)16/h2-6,10,17H,1H3,(H,19,21). The Bertz CT molecular complexity index is 667. The Morgan fingerprint density at radius 1 is 1.27 bits per heavy atom. The molecule has 1 aromatic rings. The van der Waals surface area contributed by atoms with E-state index in [9.17, 15) is 18.0 Å². The maximum absolute atomic E-state index is 12.1. The molecule has 1 atom stereocenters. The molecular formula is C13H11F3N4O2. The van der Waals surface area contributed by atoms with Crippen LogP contribution in [0.4, 0.5) is 18.0 Å². The molecule has 6 nitrogen and oxygen atoms in total. The predicted octanol–water partition coefficient (Wildman–Crippen LogP) is 1.87. The molecule has 22 heavy (non-hydrogen) atoms. The Balaban J connectivity index is 1.81. The topological polar surface area (TPSA) is 66.0 Å². The number of nitrogens with zero attached hydrogens (tertiary/aromatic N) is 2. The van der Waals surface area contributed by atoms with Gasteiger partial charge in [0.15, 0.2) is 12.0 Å². The van der Waals surface area contributed by atoms with Gasteiger partial charge in [0.25, 0.3) is 0 Å². The molecule has 0 aliphatic carbocycles. The van der Waals surface area contributed by atoms with E-state index in [1.165, 1.54) is 29.2 Å². The van der Waals surface area contributed by atoms with Gasteiger partial charge in [0, 0.05) is 18.8 Å². The number of urea groups is 1. The molecule has 2 heterocycles. The number of rotatable bonds is 2. The number of amides is 2. The van der Waals surface area contributed by atoms with Crippen molar-refractivity contribution in [3.8, 4) is 5.75 Å². The van der Waals surface area contributed by atoms with E-state index in [0.717, 1.165) is 0 Å². The van der Waals surface area contributed by atoms with Gasteiger partial charge in [0.05, 0.1) is 5.70 Å². The fourth-order valence-corrected chi connectivity index (χ4v) is 2.13. The Labute approximate surface area is 123 Å². The molecule has 116 valence electrons. The van der Waals surface area contributed by atoms with Crippen LogP contribution in [0.5, 0.6) is 5.75 Å². The number of nitrogens with one attached hydrogen (secondary N) is 2. The van der Waals surface area contributed by atoms with Crippen molar-refractivity contribution in [1.29, 1.82) is 0 Å². The van der Waals surface area contributed by atoms with Crippen molar-refractivity contribution >= 4 is 17.6 Å². The van der Waals surface area contributed by atoms with Crippen molar-refractivity contribution in [2.45, 2.75) is 12.5 Å². The average Bonchev–Trinajstić information content (AvgIpc) is 2.73. The largest absolute Gasteiger partial charge is 0.573 e. The lowest BCUT2D eigenvalue weighted by Crippen LogP contribution is -2.42. The Hall–Kier alpha value is -2.71. The minimum atomic E-state index is -4.72. The number of hydrogen-bond donors (Lipinski definition) is 2. The number of halogens is 3. The number of hydrogen-bond acceptors (Lipinski definition) is 4. The third-order valence-corrected chi connectivity index (χ3v) is 3.18. The fourth-order valence-electron chi connectivity index (χ4n) is 2.13. The van der Waals surface area contributed by atoms with Crippen LogP contribution in [0.15, 0.2) is 35.5 Å². The van der Waals surface area contributed by atoms with E-state index in [1.807, 2.05) is 0 Å². The maximum Gasteiger partial charge on any atom is 0.573 e. The van der Waals surface area contributed by atoms with E-state index in [-0.39, 0.29) is 11.8 Å². The normalized spacial score (nSPS) is 20.6. The quantitative estimate of drug-likeness (QED) is 0.876. The molecule has 2 aliphatic heterocycles. The lowest BCUT2D eigenvalue weighted by atomic mass is 10.1. The molecule has 0 radical (unpaired) electrons. The van der Waals surface area contributed by atoms with Crippen molar-refractivity contribution in [1.82, 2.24) is 15.5 Å². The summed E-state index contributed by atoms with van der Waals surface area (Å²) in [6, 6.07) is 5.06. The van der Waals surface area contributed by atoms with Crippen LogP contribution in [-0.2, 0) is 0 Å². The summed E-state index contributed by atoms with van der Waals surface area (Å²) in [6.45, 7) is 0. The van der Waals surface area contributed by atoms with Crippen LogP contribution in [0.2, 0.25) is 0 Å². The SMILES string of the molecule is CN1C(=O)NC2NC=C(c3ccc(OC(F)(F)F)cc3)N=C21. The number of benzene rings is 1. The highest BCUT2D eigenvalue weighted by Crippen LogP contribution is 2.26. The van der Waals surface area contributed by atoms with Crippen molar-refractivity contribution < 1.29 is 22.7 Å². The number of carbonyl (C=O) groups excluding carboxylic acids is 1. The summed E-state index contributed by atoms with van der Waals surface area (Å²) in [7, 11) is 1.58. The molecule has 2 aliphatic rings. The lowest BCUT2D eigenvalue weighted by Gasteiger charge is -2.19. The molecule has 3 rings (SSSR count). The monoisotopic (exact) mass is 312 g/mol. The number of likely N-dealkylation sites (N-methyl/N-ethyl adjacent to an activating group) is 1. The molecular weight excluding hydrogens is 301 g/mol. The highest BCUT2D eigenvalue weighted by molar-refractivity contribution is 6.09. The van der Waals surface area contributed by atoms with Crippen molar-refractivity contribution in [3.05, 3.63) is 36.0 Å². The summed E-state index contributed by atoms with van der Waals surface area (Å²) in [6.07, 6.45) is -3.53. The Kier molecular flexibility index (Phi) is 3.19. The summed E-state index contributed by atoms with van der Waals surface area (Å²) in [5.41, 5.74) is 1.11. The van der Waals surface area contributed by atoms with Crippen molar-refractivity contribution in [3.63, 3.8) is 0 Å². The van der Waals surface area contributed by atoms with Crippen molar-refractivity contribution in [2.75, 3.05) is 7.05 Å². The van der Waals surface area contributed by atoms with Gasteiger partial charge in [-0.15, -0.1) is 13.2 Å². The van der Waals surface area contributed by atoms with Crippen molar-refractivity contribution in [2.24, 2.45) is 4.99 Å². The van der Waals surface area contributed by atoms with E-state index < -0.39 is 12.5 Å². The van der Waals surface area contributed by atoms with Gasteiger partial charge >= 0.3 is 12.4 Å². The molecule has 9 heteroatoms. The second-order valence-electron chi connectivity index (χ2n) is 4.68. The van der Waals surface area contributed by atoms with Crippen LogP contribution in [0.3, 0.4) is 0 Å². The summed E-state index contributed by atoms with van der Waals surface area (Å²) >= 11 is 0. The summed E-state index contributed by atoms with van der Waals surface area (Å²) < 4.78 is 40.2. The second kappa shape index (κ2) is 4.93.